The highest BCUT2D eigenvalue weighted by atomic mass is 35.5. The van der Waals surface area contributed by atoms with Crippen LogP contribution in [0, 0.1) is 0 Å². The zero-order chi connectivity index (χ0) is 13.0. The molecular weight excluding hydrogens is 252 g/mol. The highest BCUT2D eigenvalue weighted by Crippen LogP contribution is 2.13. The number of carbonyl (C=O) groups is 1. The third kappa shape index (κ3) is 3.12. The normalized spacial score (nSPS) is 10.3. The molecule has 0 radical (unpaired) electrons. The van der Waals surface area contributed by atoms with E-state index in [2.05, 4.69) is 5.32 Å². The van der Waals surface area contributed by atoms with E-state index in [1.165, 1.54) is 0 Å². The fraction of sp³-hybridized carbons (Fsp3) is 0.154. The number of rotatable bonds is 4. The summed E-state index contributed by atoms with van der Waals surface area (Å²) in [7, 11) is 0. The summed E-state index contributed by atoms with van der Waals surface area (Å²) in [6, 6.07) is 10.5. The molecule has 0 spiro atoms. The minimum atomic E-state index is -0.150. The van der Waals surface area contributed by atoms with E-state index in [1.807, 2.05) is 0 Å². The van der Waals surface area contributed by atoms with Crippen molar-refractivity contribution in [1.82, 2.24) is 4.57 Å². The summed E-state index contributed by atoms with van der Waals surface area (Å²) in [5.41, 5.74) is 1.41. The zero-order valence-corrected chi connectivity index (χ0v) is 10.4. The van der Waals surface area contributed by atoms with Crippen LogP contribution in [0.25, 0.3) is 0 Å². The van der Waals surface area contributed by atoms with Gasteiger partial charge in [-0.1, -0.05) is 11.6 Å². The van der Waals surface area contributed by atoms with E-state index in [0.29, 0.717) is 16.4 Å². The lowest BCUT2D eigenvalue weighted by atomic mass is 10.3. The zero-order valence-electron chi connectivity index (χ0n) is 9.64. The Morgan fingerprint density at radius 2 is 2.00 bits per heavy atom. The number of benzene rings is 1. The van der Waals surface area contributed by atoms with Gasteiger partial charge in [0.15, 0.2) is 0 Å². The van der Waals surface area contributed by atoms with Crippen LogP contribution in [-0.2, 0) is 17.9 Å². The van der Waals surface area contributed by atoms with Crippen molar-refractivity contribution in [2.24, 2.45) is 0 Å². The maximum Gasteiger partial charge on any atom is 0.244 e. The first-order valence-electron chi connectivity index (χ1n) is 5.49. The number of aliphatic hydroxyl groups is 1. The van der Waals surface area contributed by atoms with Crippen LogP contribution in [0.2, 0.25) is 5.02 Å². The molecule has 1 aromatic heterocycles. The highest BCUT2D eigenvalue weighted by molar-refractivity contribution is 6.30. The average molecular weight is 265 g/mol. The summed E-state index contributed by atoms with van der Waals surface area (Å²) < 4.78 is 1.70. The largest absolute Gasteiger partial charge is 0.390 e. The van der Waals surface area contributed by atoms with Crippen LogP contribution in [0.3, 0.4) is 0 Å². The Morgan fingerprint density at radius 3 is 2.67 bits per heavy atom. The molecule has 1 heterocycles. The number of nitrogens with zero attached hydrogens (tertiary/aromatic N) is 1. The second kappa shape index (κ2) is 5.71. The van der Waals surface area contributed by atoms with Crippen LogP contribution in [0.1, 0.15) is 5.69 Å². The molecule has 1 aromatic carbocycles. The monoisotopic (exact) mass is 264 g/mol. The molecule has 0 aliphatic carbocycles. The maximum atomic E-state index is 11.8. The van der Waals surface area contributed by atoms with Crippen molar-refractivity contribution >= 4 is 23.2 Å². The van der Waals surface area contributed by atoms with Crippen LogP contribution in [0.4, 0.5) is 5.69 Å². The van der Waals surface area contributed by atoms with Gasteiger partial charge in [-0.25, -0.2) is 0 Å². The molecule has 1 amide bonds. The summed E-state index contributed by atoms with van der Waals surface area (Å²) in [6.07, 6.45) is 1.76. The van der Waals surface area contributed by atoms with Crippen LogP contribution >= 0.6 is 11.6 Å². The van der Waals surface area contributed by atoms with Gasteiger partial charge < -0.3 is 15.0 Å². The van der Waals surface area contributed by atoms with E-state index in [9.17, 15) is 4.79 Å². The van der Waals surface area contributed by atoms with E-state index >= 15 is 0 Å². The summed E-state index contributed by atoms with van der Waals surface area (Å²) in [4.78, 5) is 11.8. The molecule has 4 nitrogen and oxygen atoms in total. The molecular formula is C13H13ClN2O2. The SMILES string of the molecule is O=C(Cn1cccc1CO)Nc1ccc(Cl)cc1. The van der Waals surface area contributed by atoms with Crippen LogP contribution in [-0.4, -0.2) is 15.6 Å². The van der Waals surface area contributed by atoms with Gasteiger partial charge in [0, 0.05) is 22.6 Å². The van der Waals surface area contributed by atoms with E-state index in [-0.39, 0.29) is 19.1 Å². The summed E-state index contributed by atoms with van der Waals surface area (Å²) in [5, 5.41) is 12.5. The first kappa shape index (κ1) is 12.7. The molecule has 0 fully saturated rings. The van der Waals surface area contributed by atoms with Gasteiger partial charge in [0.1, 0.15) is 6.54 Å². The Balaban J connectivity index is 1.99. The molecule has 0 saturated heterocycles. The Morgan fingerprint density at radius 1 is 1.28 bits per heavy atom. The molecule has 94 valence electrons. The number of amides is 1. The maximum absolute atomic E-state index is 11.8. The number of aromatic nitrogens is 1. The first-order chi connectivity index (χ1) is 8.69. The van der Waals surface area contributed by atoms with Crippen LogP contribution in [0.15, 0.2) is 42.6 Å². The number of hydrogen-bond donors (Lipinski definition) is 2. The summed E-state index contributed by atoms with van der Waals surface area (Å²) in [6.45, 7) is 0.0900. The van der Waals surface area contributed by atoms with Gasteiger partial charge in [-0.05, 0) is 36.4 Å². The first-order valence-corrected chi connectivity index (χ1v) is 5.87. The fourth-order valence-corrected chi connectivity index (χ4v) is 1.76. The third-order valence-corrected chi connectivity index (χ3v) is 2.78. The average Bonchev–Trinajstić information content (AvgIpc) is 2.79. The fourth-order valence-electron chi connectivity index (χ4n) is 1.64. The topological polar surface area (TPSA) is 54.3 Å². The highest BCUT2D eigenvalue weighted by Gasteiger charge is 2.06. The molecule has 0 saturated carbocycles. The molecule has 2 aromatic rings. The quantitative estimate of drug-likeness (QED) is 0.890. The van der Waals surface area contributed by atoms with E-state index in [1.54, 1.807) is 47.2 Å². The Bertz CT molecular complexity index is 534. The van der Waals surface area contributed by atoms with E-state index < -0.39 is 0 Å². The summed E-state index contributed by atoms with van der Waals surface area (Å²) in [5.74, 6) is -0.150. The number of aliphatic hydroxyl groups excluding tert-OH is 1. The molecule has 18 heavy (non-hydrogen) atoms. The van der Waals surface area contributed by atoms with Gasteiger partial charge in [0.2, 0.25) is 5.91 Å². The smallest absolute Gasteiger partial charge is 0.244 e. The number of halogens is 1. The standard InChI is InChI=1S/C13H13ClN2O2/c14-10-3-5-11(6-4-10)15-13(18)8-16-7-1-2-12(16)9-17/h1-7,17H,8-9H2,(H,15,18). The van der Waals surface area contributed by atoms with Crippen molar-refractivity contribution in [3.8, 4) is 0 Å². The van der Waals surface area contributed by atoms with Gasteiger partial charge in [0.25, 0.3) is 0 Å². The number of nitrogens with one attached hydrogen (secondary N) is 1. The van der Waals surface area contributed by atoms with E-state index in [0.717, 1.165) is 0 Å². The molecule has 0 atom stereocenters. The van der Waals surface area contributed by atoms with E-state index in [4.69, 9.17) is 16.7 Å². The number of anilines is 1. The third-order valence-electron chi connectivity index (χ3n) is 2.53. The Hall–Kier alpha value is -1.78. The van der Waals surface area contributed by atoms with Crippen molar-refractivity contribution in [1.29, 1.82) is 0 Å². The number of hydrogen-bond acceptors (Lipinski definition) is 2. The molecule has 0 bridgehead atoms. The minimum absolute atomic E-state index is 0.0821. The van der Waals surface area contributed by atoms with Gasteiger partial charge in [-0.2, -0.15) is 0 Å². The lowest BCUT2D eigenvalue weighted by Gasteiger charge is -2.08. The van der Waals surface area contributed by atoms with Crippen molar-refractivity contribution in [3.63, 3.8) is 0 Å². The minimum Gasteiger partial charge on any atom is -0.390 e. The lowest BCUT2D eigenvalue weighted by Crippen LogP contribution is -2.19. The lowest BCUT2D eigenvalue weighted by molar-refractivity contribution is -0.116. The second-order valence-electron chi connectivity index (χ2n) is 3.84. The molecule has 0 aliphatic heterocycles. The Labute approximate surface area is 110 Å². The molecule has 2 N–H and O–H groups in total. The van der Waals surface area contributed by atoms with Crippen molar-refractivity contribution in [2.75, 3.05) is 5.32 Å². The van der Waals surface area contributed by atoms with Crippen LogP contribution in [0.5, 0.6) is 0 Å². The molecule has 5 heteroatoms. The van der Waals surface area contributed by atoms with Gasteiger partial charge >= 0.3 is 0 Å². The van der Waals surface area contributed by atoms with Gasteiger partial charge in [-0.3, -0.25) is 4.79 Å². The van der Waals surface area contributed by atoms with Crippen molar-refractivity contribution in [3.05, 3.63) is 53.3 Å². The van der Waals surface area contributed by atoms with Gasteiger partial charge in [0.05, 0.1) is 6.61 Å². The van der Waals surface area contributed by atoms with Gasteiger partial charge in [-0.15, -0.1) is 0 Å². The number of carbonyl (C=O) groups excluding carboxylic acids is 1. The predicted octanol–water partition coefficient (Wildman–Crippen LogP) is 2.27. The van der Waals surface area contributed by atoms with Crippen LogP contribution < -0.4 is 5.32 Å². The molecule has 0 unspecified atom stereocenters. The van der Waals surface area contributed by atoms with Crippen molar-refractivity contribution < 1.29 is 9.90 Å². The molecule has 2 rings (SSSR count). The summed E-state index contributed by atoms with van der Waals surface area (Å²) >= 11 is 5.76. The Kier molecular flexibility index (Phi) is 4.02. The van der Waals surface area contributed by atoms with Crippen molar-refractivity contribution in [2.45, 2.75) is 13.2 Å². The second-order valence-corrected chi connectivity index (χ2v) is 4.28. The predicted molar refractivity (Wildman–Crippen MR) is 70.4 cm³/mol. The molecule has 0 aliphatic rings.